The molecule has 0 nitrogen and oxygen atoms in total. The average Bonchev–Trinajstić information content (AvgIpc) is 1.83. The van der Waals surface area contributed by atoms with E-state index in [1.807, 2.05) is 0 Å². The molecule has 0 atom stereocenters. The predicted octanol–water partition coefficient (Wildman–Crippen LogP) is 4.86. The Hall–Kier alpha value is 1.23. The molecule has 0 heterocycles. The number of rotatable bonds is 4. The maximum atomic E-state index is 2.97. The summed E-state index contributed by atoms with van der Waals surface area (Å²) in [5.41, 5.74) is 0. The number of hydrogen-bond donors (Lipinski definition) is 0. The van der Waals surface area contributed by atoms with Gasteiger partial charge in [-0.2, -0.15) is 0 Å². The van der Waals surface area contributed by atoms with Crippen LogP contribution in [0.4, 0.5) is 0 Å². The molecular formula is C16H40Si4Zr. The van der Waals surface area contributed by atoms with Crippen LogP contribution in [0.2, 0.25) is 78.6 Å². The van der Waals surface area contributed by atoms with Gasteiger partial charge in [0.2, 0.25) is 0 Å². The standard InChI is InChI=1S/4C4H10Si.Zr/c4*1-5(2,3)4;/h4*1H,2-4H3;. The Morgan fingerprint density at radius 2 is 0.524 bits per heavy atom. The van der Waals surface area contributed by atoms with Crippen LogP contribution in [0, 0.1) is 0 Å². The van der Waals surface area contributed by atoms with Crippen LogP contribution in [0.25, 0.3) is 0 Å². The van der Waals surface area contributed by atoms with Gasteiger partial charge in [0.1, 0.15) is 0 Å². The fraction of sp³-hybridized carbons (Fsp3) is 0.750. The molecule has 0 bridgehead atoms. The van der Waals surface area contributed by atoms with E-state index in [4.69, 9.17) is 0 Å². The van der Waals surface area contributed by atoms with Crippen molar-refractivity contribution in [1.82, 2.24) is 0 Å². The van der Waals surface area contributed by atoms with Gasteiger partial charge < -0.3 is 0 Å². The van der Waals surface area contributed by atoms with Crippen LogP contribution in [0.5, 0.6) is 0 Å². The van der Waals surface area contributed by atoms with Crippen molar-refractivity contribution in [3.63, 3.8) is 0 Å². The van der Waals surface area contributed by atoms with Crippen molar-refractivity contribution in [1.29, 1.82) is 0 Å². The first-order valence-corrected chi connectivity index (χ1v) is 28.3. The van der Waals surface area contributed by atoms with Crippen molar-refractivity contribution < 1.29 is 18.3 Å². The molecule has 0 aromatic carbocycles. The van der Waals surface area contributed by atoms with Gasteiger partial charge in [-0.15, -0.1) is 0 Å². The van der Waals surface area contributed by atoms with Gasteiger partial charge in [0.05, 0.1) is 0 Å². The van der Waals surface area contributed by atoms with Crippen LogP contribution in [0.1, 0.15) is 0 Å². The Kier molecular flexibility index (Phi) is 7.41. The molecule has 5 heteroatoms. The molecule has 0 aliphatic carbocycles. The molecule has 0 aromatic rings. The topological polar surface area (TPSA) is 0 Å². The van der Waals surface area contributed by atoms with Gasteiger partial charge in [-0.25, -0.2) is 0 Å². The van der Waals surface area contributed by atoms with Crippen LogP contribution in [-0.4, -0.2) is 45.6 Å². The van der Waals surface area contributed by atoms with E-state index < -0.39 is 50.6 Å². The van der Waals surface area contributed by atoms with Crippen molar-refractivity contribution >= 4 is 45.6 Å². The van der Waals surface area contributed by atoms with E-state index in [2.05, 4.69) is 91.9 Å². The first-order chi connectivity index (χ1) is 8.83. The first kappa shape index (κ1) is 22.2. The summed E-state index contributed by atoms with van der Waals surface area (Å²) in [6.45, 7) is 30.4. The van der Waals surface area contributed by atoms with Crippen LogP contribution >= 0.6 is 0 Å². The van der Waals surface area contributed by atoms with Crippen LogP contribution in [-0.2, 0) is 18.3 Å². The normalized spacial score (nSPS) is 13.1. The summed E-state index contributed by atoms with van der Waals surface area (Å²) in [6, 6.07) is 0. The molecule has 0 fully saturated rings. The van der Waals surface area contributed by atoms with E-state index in [1.54, 1.807) is 0 Å². The van der Waals surface area contributed by atoms with E-state index in [1.165, 1.54) is 0 Å². The second-order valence-electron chi connectivity index (χ2n) is 11.0. The molecule has 0 amide bonds. The molecule has 21 heavy (non-hydrogen) atoms. The first-order valence-electron chi connectivity index (χ1n) is 8.31. The molecule has 0 aromatic heterocycles. The SMILES string of the molecule is C[Si](C)(C)[CH]=[Zr](=[CH][Si](C)(C)C)(=[CH][Si](C)(C)C)=[CH][Si](C)(C)C. The fourth-order valence-corrected chi connectivity index (χ4v) is 66.6. The van der Waals surface area contributed by atoms with E-state index in [9.17, 15) is 0 Å². The molecule has 0 rings (SSSR count). The van der Waals surface area contributed by atoms with E-state index in [0.29, 0.717) is 0 Å². The zero-order chi connectivity index (χ0) is 17.3. The summed E-state index contributed by atoms with van der Waals surface area (Å²) in [4.78, 5) is 0. The minimum absolute atomic E-state index is 1.15. The Balaban J connectivity index is 7.26. The van der Waals surface area contributed by atoms with Gasteiger partial charge in [0.25, 0.3) is 0 Å². The van der Waals surface area contributed by atoms with Crippen molar-refractivity contribution in [2.24, 2.45) is 0 Å². The summed E-state index contributed by atoms with van der Waals surface area (Å²) in [6.07, 6.45) is 0. The van der Waals surface area contributed by atoms with E-state index in [-0.39, 0.29) is 0 Å². The van der Waals surface area contributed by atoms with Crippen molar-refractivity contribution in [2.75, 3.05) is 0 Å². The van der Waals surface area contributed by atoms with Crippen LogP contribution < -0.4 is 0 Å². The van der Waals surface area contributed by atoms with Gasteiger partial charge in [-0.1, -0.05) is 0 Å². The van der Waals surface area contributed by atoms with Gasteiger partial charge in [-0.3, -0.25) is 0 Å². The van der Waals surface area contributed by atoms with Crippen molar-refractivity contribution in [2.45, 2.75) is 78.6 Å². The molecule has 0 saturated heterocycles. The third-order valence-electron chi connectivity index (χ3n) is 2.73. The fourth-order valence-electron chi connectivity index (χ4n) is 3.25. The van der Waals surface area contributed by atoms with Crippen molar-refractivity contribution in [3.8, 4) is 0 Å². The summed E-state index contributed by atoms with van der Waals surface area (Å²) >= 11 is -2.50. The zero-order valence-electron chi connectivity index (χ0n) is 16.8. The third-order valence-corrected chi connectivity index (χ3v) is 48.5. The van der Waals surface area contributed by atoms with Crippen molar-refractivity contribution in [3.05, 3.63) is 0 Å². The zero-order valence-corrected chi connectivity index (χ0v) is 23.3. The molecule has 0 unspecified atom stereocenters. The monoisotopic (exact) mass is 434 g/mol. The molecule has 0 saturated carbocycles. The van der Waals surface area contributed by atoms with E-state index in [0.717, 1.165) is 0 Å². The van der Waals surface area contributed by atoms with Crippen LogP contribution in [0.3, 0.4) is 0 Å². The molecule has 0 N–H and O–H groups in total. The molecular weight excluding hydrogens is 396 g/mol. The second kappa shape index (κ2) is 7.00. The molecule has 0 aliphatic heterocycles. The molecule has 0 aliphatic rings. The van der Waals surface area contributed by atoms with Gasteiger partial charge in [0, 0.05) is 0 Å². The Morgan fingerprint density at radius 1 is 0.381 bits per heavy atom. The van der Waals surface area contributed by atoms with Crippen LogP contribution in [0.15, 0.2) is 0 Å². The molecule has 0 spiro atoms. The summed E-state index contributed by atoms with van der Waals surface area (Å²) in [7, 11) is -4.60. The van der Waals surface area contributed by atoms with Gasteiger partial charge >= 0.3 is 143 Å². The Bertz CT molecular complexity index is 501. The molecule has 0 radical (unpaired) electrons. The molecule has 124 valence electrons. The Labute approximate surface area is 141 Å². The van der Waals surface area contributed by atoms with E-state index >= 15 is 0 Å². The predicted molar refractivity (Wildman–Crippen MR) is 118 cm³/mol. The second-order valence-corrected chi connectivity index (χ2v) is 44.6. The Morgan fingerprint density at radius 3 is 0.619 bits per heavy atom. The average molecular weight is 436 g/mol. The van der Waals surface area contributed by atoms with Gasteiger partial charge in [0.15, 0.2) is 0 Å². The quantitative estimate of drug-likeness (QED) is 0.553. The third kappa shape index (κ3) is 12.3. The minimum atomic E-state index is -2.50. The summed E-state index contributed by atoms with van der Waals surface area (Å²) in [5, 5.41) is 0. The van der Waals surface area contributed by atoms with Gasteiger partial charge in [-0.05, 0) is 0 Å². The summed E-state index contributed by atoms with van der Waals surface area (Å²) in [5.74, 6) is 0. The number of hydrogen-bond acceptors (Lipinski definition) is 0. The summed E-state index contributed by atoms with van der Waals surface area (Å²) < 4.78 is 11.9. The maximum absolute atomic E-state index is 2.97.